The van der Waals surface area contributed by atoms with Gasteiger partial charge in [0.05, 0.1) is 22.8 Å². The van der Waals surface area contributed by atoms with E-state index in [0.29, 0.717) is 21.9 Å². The molecule has 3 rings (SSSR count). The first-order valence-electron chi connectivity index (χ1n) is 7.67. The molecule has 0 fully saturated rings. The number of rotatable bonds is 6. The van der Waals surface area contributed by atoms with Crippen LogP contribution in [-0.4, -0.2) is 29.3 Å². The number of aliphatic hydroxyl groups excluding tert-OH is 1. The Morgan fingerprint density at radius 2 is 1.88 bits per heavy atom. The van der Waals surface area contributed by atoms with Gasteiger partial charge < -0.3 is 5.11 Å². The lowest BCUT2D eigenvalue weighted by atomic mass is 10.1. The average Bonchev–Trinajstić information content (AvgIpc) is 3.20. The van der Waals surface area contributed by atoms with Gasteiger partial charge in [-0.25, -0.2) is 4.90 Å². The van der Waals surface area contributed by atoms with E-state index in [-0.39, 0.29) is 18.4 Å². The van der Waals surface area contributed by atoms with Crippen molar-refractivity contribution in [1.82, 2.24) is 0 Å². The van der Waals surface area contributed by atoms with Crippen molar-refractivity contribution in [3.05, 3.63) is 57.1 Å². The Morgan fingerprint density at radius 3 is 2.46 bits per heavy atom. The van der Waals surface area contributed by atoms with Gasteiger partial charge in [-0.15, -0.1) is 23.1 Å². The topological polar surface area (TPSA) is 57.6 Å². The summed E-state index contributed by atoms with van der Waals surface area (Å²) in [5, 5.41) is 11.0. The van der Waals surface area contributed by atoms with Crippen LogP contribution in [0.5, 0.6) is 0 Å². The van der Waals surface area contributed by atoms with Crippen LogP contribution in [0.3, 0.4) is 0 Å². The number of amides is 2. The summed E-state index contributed by atoms with van der Waals surface area (Å²) in [6.45, 7) is 2.01. The highest BCUT2D eigenvalue weighted by molar-refractivity contribution is 8.04. The Labute approximate surface area is 148 Å². The largest absolute Gasteiger partial charge is 0.396 e. The fourth-order valence-electron chi connectivity index (χ4n) is 2.54. The van der Waals surface area contributed by atoms with Crippen molar-refractivity contribution in [1.29, 1.82) is 0 Å². The molecule has 4 nitrogen and oxygen atoms in total. The van der Waals surface area contributed by atoms with Crippen molar-refractivity contribution in [3.63, 3.8) is 0 Å². The molecular weight excluding hydrogens is 342 g/mol. The predicted octanol–water partition coefficient (Wildman–Crippen LogP) is 3.32. The van der Waals surface area contributed by atoms with Gasteiger partial charge in [-0.1, -0.05) is 25.1 Å². The number of benzene rings is 1. The lowest BCUT2D eigenvalue weighted by Crippen LogP contribution is -2.31. The monoisotopic (exact) mass is 359 g/mol. The van der Waals surface area contributed by atoms with Crippen LogP contribution in [0.15, 0.2) is 46.7 Å². The number of hydrogen-bond donors (Lipinski definition) is 1. The number of thiophene rings is 1. The van der Waals surface area contributed by atoms with Crippen LogP contribution in [-0.2, 0) is 16.0 Å². The van der Waals surface area contributed by atoms with E-state index < -0.39 is 0 Å². The van der Waals surface area contributed by atoms with Crippen LogP contribution in [0.1, 0.15) is 17.4 Å². The van der Waals surface area contributed by atoms with Crippen LogP contribution >= 0.6 is 23.1 Å². The maximum Gasteiger partial charge on any atom is 0.272 e. The number of aryl methyl sites for hydroxylation is 1. The average molecular weight is 359 g/mol. The van der Waals surface area contributed by atoms with Crippen molar-refractivity contribution in [3.8, 4) is 0 Å². The number of nitrogens with zero attached hydrogens (tertiary/aromatic N) is 1. The molecule has 1 N–H and O–H groups in total. The SMILES string of the molecule is CCc1ccc(N2C(=O)C(SCCO)=C(c3cccs3)C2=O)cc1. The molecule has 1 aromatic heterocycles. The van der Waals surface area contributed by atoms with E-state index in [1.807, 2.05) is 29.6 Å². The first kappa shape index (κ1) is 17.0. The second-order valence-corrected chi connectivity index (χ2v) is 7.27. The first-order valence-corrected chi connectivity index (χ1v) is 9.53. The second kappa shape index (κ2) is 7.34. The molecule has 2 aromatic rings. The third kappa shape index (κ3) is 3.05. The van der Waals surface area contributed by atoms with Gasteiger partial charge in [0.25, 0.3) is 11.8 Å². The zero-order valence-electron chi connectivity index (χ0n) is 13.2. The molecule has 2 amide bonds. The summed E-state index contributed by atoms with van der Waals surface area (Å²) in [5.41, 5.74) is 2.17. The summed E-state index contributed by atoms with van der Waals surface area (Å²) in [4.78, 5) is 28.2. The van der Waals surface area contributed by atoms with E-state index in [4.69, 9.17) is 5.11 Å². The lowest BCUT2D eigenvalue weighted by Gasteiger charge is -2.15. The van der Waals surface area contributed by atoms with Gasteiger partial charge in [-0.05, 0) is 35.6 Å². The lowest BCUT2D eigenvalue weighted by molar-refractivity contribution is -0.119. The zero-order valence-corrected chi connectivity index (χ0v) is 14.8. The number of aliphatic hydroxyl groups is 1. The molecule has 0 saturated heterocycles. The van der Waals surface area contributed by atoms with Gasteiger partial charge >= 0.3 is 0 Å². The molecule has 124 valence electrons. The third-order valence-corrected chi connectivity index (χ3v) is 5.69. The number of anilines is 1. The van der Waals surface area contributed by atoms with Gasteiger partial charge in [0.2, 0.25) is 0 Å². The zero-order chi connectivity index (χ0) is 17.1. The Morgan fingerprint density at radius 1 is 1.12 bits per heavy atom. The molecule has 0 aliphatic carbocycles. The van der Waals surface area contributed by atoms with Crippen LogP contribution in [0, 0.1) is 0 Å². The van der Waals surface area contributed by atoms with Gasteiger partial charge in [0.15, 0.2) is 0 Å². The normalized spacial score (nSPS) is 14.8. The molecule has 0 atom stereocenters. The molecule has 1 aliphatic rings. The predicted molar refractivity (Wildman–Crippen MR) is 99.1 cm³/mol. The van der Waals surface area contributed by atoms with Crippen molar-refractivity contribution in [2.75, 3.05) is 17.3 Å². The van der Waals surface area contributed by atoms with E-state index in [1.165, 1.54) is 28.0 Å². The highest BCUT2D eigenvalue weighted by Crippen LogP contribution is 2.39. The van der Waals surface area contributed by atoms with E-state index in [0.717, 1.165) is 16.9 Å². The first-order chi connectivity index (χ1) is 11.7. The fraction of sp³-hybridized carbons (Fsp3) is 0.222. The maximum absolute atomic E-state index is 12.9. The molecule has 6 heteroatoms. The second-order valence-electron chi connectivity index (χ2n) is 5.22. The Bertz CT molecular complexity index is 779. The summed E-state index contributed by atoms with van der Waals surface area (Å²) in [5.74, 6) is -0.232. The molecule has 0 unspecified atom stereocenters. The molecule has 2 heterocycles. The maximum atomic E-state index is 12.9. The van der Waals surface area contributed by atoms with Gasteiger partial charge in [0, 0.05) is 10.6 Å². The Kier molecular flexibility index (Phi) is 5.18. The van der Waals surface area contributed by atoms with E-state index in [9.17, 15) is 9.59 Å². The number of thioether (sulfide) groups is 1. The number of carbonyl (C=O) groups excluding carboxylic acids is 2. The molecule has 0 spiro atoms. The van der Waals surface area contributed by atoms with Gasteiger partial charge in [-0.3, -0.25) is 9.59 Å². The third-order valence-electron chi connectivity index (χ3n) is 3.75. The Balaban J connectivity index is 2.00. The number of hydrogen-bond acceptors (Lipinski definition) is 5. The van der Waals surface area contributed by atoms with Crippen LogP contribution in [0.2, 0.25) is 0 Å². The summed E-state index contributed by atoms with van der Waals surface area (Å²) in [6.07, 6.45) is 0.901. The van der Waals surface area contributed by atoms with Crippen molar-refractivity contribution < 1.29 is 14.7 Å². The standard InChI is InChI=1S/C18H17NO3S2/c1-2-12-5-7-13(8-6-12)19-17(21)15(14-4-3-10-23-14)16(18(19)22)24-11-9-20/h3-8,10,20H,2,9,11H2,1H3. The summed E-state index contributed by atoms with van der Waals surface area (Å²) in [7, 11) is 0. The van der Waals surface area contributed by atoms with Crippen LogP contribution < -0.4 is 4.90 Å². The van der Waals surface area contributed by atoms with Crippen LogP contribution in [0.25, 0.3) is 5.57 Å². The number of carbonyl (C=O) groups is 2. The summed E-state index contributed by atoms with van der Waals surface area (Å²) < 4.78 is 0. The van der Waals surface area contributed by atoms with Gasteiger partial charge in [-0.2, -0.15) is 0 Å². The molecule has 1 aromatic carbocycles. The Hall–Kier alpha value is -1.89. The minimum Gasteiger partial charge on any atom is -0.396 e. The molecular formula is C18H17NO3S2. The fourth-order valence-corrected chi connectivity index (χ4v) is 4.23. The quantitative estimate of drug-likeness (QED) is 0.804. The molecule has 24 heavy (non-hydrogen) atoms. The summed E-state index contributed by atoms with van der Waals surface area (Å²) in [6, 6.07) is 11.2. The minimum atomic E-state index is -0.314. The molecule has 0 radical (unpaired) electrons. The van der Waals surface area contributed by atoms with Crippen molar-refractivity contribution >= 4 is 46.2 Å². The highest BCUT2D eigenvalue weighted by Gasteiger charge is 2.40. The van der Waals surface area contributed by atoms with Crippen molar-refractivity contribution in [2.24, 2.45) is 0 Å². The summed E-state index contributed by atoms with van der Waals surface area (Å²) >= 11 is 2.67. The van der Waals surface area contributed by atoms with Crippen LogP contribution in [0.4, 0.5) is 5.69 Å². The molecule has 0 bridgehead atoms. The molecule has 1 aliphatic heterocycles. The highest BCUT2D eigenvalue weighted by atomic mass is 32.2. The van der Waals surface area contributed by atoms with E-state index >= 15 is 0 Å². The molecule has 0 saturated carbocycles. The van der Waals surface area contributed by atoms with Crippen molar-refractivity contribution in [2.45, 2.75) is 13.3 Å². The smallest absolute Gasteiger partial charge is 0.272 e. The number of imide groups is 1. The van der Waals surface area contributed by atoms with Gasteiger partial charge in [0.1, 0.15) is 0 Å². The van der Waals surface area contributed by atoms with E-state index in [2.05, 4.69) is 6.92 Å². The van der Waals surface area contributed by atoms with E-state index in [1.54, 1.807) is 12.1 Å². The minimum absolute atomic E-state index is 0.0431.